The molecule has 1 aliphatic heterocycles. The molecule has 0 aliphatic carbocycles. The Bertz CT molecular complexity index is 473. The molecule has 1 aliphatic rings. The highest BCUT2D eigenvalue weighted by molar-refractivity contribution is 7.99. The largest absolute Gasteiger partial charge is 0.462 e. The van der Waals surface area contributed by atoms with E-state index in [4.69, 9.17) is 4.74 Å². The van der Waals surface area contributed by atoms with Crippen molar-refractivity contribution in [1.82, 2.24) is 4.90 Å². The highest BCUT2D eigenvalue weighted by atomic mass is 32.2. The van der Waals surface area contributed by atoms with Gasteiger partial charge in [0.25, 0.3) is 0 Å². The van der Waals surface area contributed by atoms with Gasteiger partial charge in [-0.05, 0) is 25.1 Å². The predicted octanol–water partition coefficient (Wildman–Crippen LogP) is 2.40. The van der Waals surface area contributed by atoms with Gasteiger partial charge in [-0.15, -0.1) is 11.8 Å². The van der Waals surface area contributed by atoms with Crippen molar-refractivity contribution >= 4 is 29.4 Å². The lowest BCUT2D eigenvalue weighted by molar-refractivity contribution is 0.0526. The normalized spacial score (nSPS) is 14.3. The Kier molecular flexibility index (Phi) is 4.68. The van der Waals surface area contributed by atoms with Gasteiger partial charge in [-0.2, -0.15) is 0 Å². The molecule has 1 aromatic rings. The lowest BCUT2D eigenvalue weighted by Crippen LogP contribution is -2.32. The summed E-state index contributed by atoms with van der Waals surface area (Å²) in [6.45, 7) is 2.85. The number of ether oxygens (including phenoxy) is 1. The molecule has 0 unspecified atom stereocenters. The monoisotopic (exact) mass is 280 g/mol. The van der Waals surface area contributed by atoms with Gasteiger partial charge in [-0.1, -0.05) is 6.07 Å². The van der Waals surface area contributed by atoms with E-state index in [9.17, 15) is 9.59 Å². The lowest BCUT2D eigenvalue weighted by atomic mass is 10.2. The lowest BCUT2D eigenvalue weighted by Gasteiger charge is -2.15. The second-order valence-electron chi connectivity index (χ2n) is 4.03. The van der Waals surface area contributed by atoms with Crippen LogP contribution in [0.4, 0.5) is 10.5 Å². The third kappa shape index (κ3) is 3.64. The van der Waals surface area contributed by atoms with Gasteiger partial charge in [0, 0.05) is 18.0 Å². The minimum atomic E-state index is -0.379. The fraction of sp³-hybridized carbons (Fsp3) is 0.385. The number of carbonyl (C=O) groups excluding carboxylic acids is 2. The van der Waals surface area contributed by atoms with Crippen molar-refractivity contribution in [2.75, 3.05) is 30.1 Å². The minimum Gasteiger partial charge on any atom is -0.462 e. The molecule has 0 saturated carbocycles. The molecular weight excluding hydrogens is 264 g/mol. The molecule has 1 heterocycles. The van der Waals surface area contributed by atoms with E-state index in [0.717, 1.165) is 12.3 Å². The van der Waals surface area contributed by atoms with E-state index < -0.39 is 0 Å². The number of amides is 2. The smallest absolute Gasteiger partial charge is 0.338 e. The van der Waals surface area contributed by atoms with E-state index in [1.165, 1.54) is 0 Å². The van der Waals surface area contributed by atoms with Gasteiger partial charge in [-0.3, -0.25) is 0 Å². The molecule has 2 rings (SSSR count). The SMILES string of the molecule is CCOC(=O)c1cccc(NC(=O)N2CCSC2)c1. The van der Waals surface area contributed by atoms with Gasteiger partial charge >= 0.3 is 12.0 Å². The molecule has 2 amide bonds. The summed E-state index contributed by atoms with van der Waals surface area (Å²) in [6.07, 6.45) is 0. The van der Waals surface area contributed by atoms with Crippen molar-refractivity contribution in [2.24, 2.45) is 0 Å². The maximum Gasteiger partial charge on any atom is 0.338 e. The third-order valence-electron chi connectivity index (χ3n) is 2.66. The van der Waals surface area contributed by atoms with Gasteiger partial charge in [0.2, 0.25) is 0 Å². The fourth-order valence-electron chi connectivity index (χ4n) is 1.72. The van der Waals surface area contributed by atoms with Crippen LogP contribution in [-0.4, -0.2) is 41.7 Å². The van der Waals surface area contributed by atoms with Crippen LogP contribution in [0.3, 0.4) is 0 Å². The van der Waals surface area contributed by atoms with Gasteiger partial charge in [0.15, 0.2) is 0 Å². The van der Waals surface area contributed by atoms with E-state index in [2.05, 4.69) is 5.32 Å². The van der Waals surface area contributed by atoms with Gasteiger partial charge in [0.05, 0.1) is 18.0 Å². The molecule has 6 heteroatoms. The number of thioether (sulfide) groups is 1. The number of nitrogens with one attached hydrogen (secondary N) is 1. The van der Waals surface area contributed by atoms with Crippen LogP contribution in [0.2, 0.25) is 0 Å². The Morgan fingerprint density at radius 2 is 2.32 bits per heavy atom. The summed E-state index contributed by atoms with van der Waals surface area (Å²) in [5.74, 6) is 1.30. The molecule has 0 spiro atoms. The van der Waals surface area contributed by atoms with Gasteiger partial charge in [0.1, 0.15) is 0 Å². The molecule has 1 fully saturated rings. The van der Waals surface area contributed by atoms with Crippen molar-refractivity contribution in [3.63, 3.8) is 0 Å². The minimum absolute atomic E-state index is 0.133. The summed E-state index contributed by atoms with van der Waals surface area (Å²) < 4.78 is 4.92. The van der Waals surface area contributed by atoms with Crippen molar-refractivity contribution < 1.29 is 14.3 Å². The molecule has 0 bridgehead atoms. The van der Waals surface area contributed by atoms with Crippen LogP contribution in [0.25, 0.3) is 0 Å². The van der Waals surface area contributed by atoms with Crippen LogP contribution in [0.15, 0.2) is 24.3 Å². The first-order chi connectivity index (χ1) is 9.20. The summed E-state index contributed by atoms with van der Waals surface area (Å²) in [7, 11) is 0. The maximum atomic E-state index is 11.9. The fourth-order valence-corrected chi connectivity index (χ4v) is 2.66. The van der Waals surface area contributed by atoms with Gasteiger partial charge in [-0.25, -0.2) is 9.59 Å². The highest BCUT2D eigenvalue weighted by Gasteiger charge is 2.18. The number of benzene rings is 1. The average molecular weight is 280 g/mol. The Labute approximate surface area is 116 Å². The summed E-state index contributed by atoms with van der Waals surface area (Å²) in [5.41, 5.74) is 1.04. The second kappa shape index (κ2) is 6.47. The summed E-state index contributed by atoms with van der Waals surface area (Å²) in [5, 5.41) is 2.79. The molecule has 1 saturated heterocycles. The Morgan fingerprint density at radius 1 is 1.47 bits per heavy atom. The second-order valence-corrected chi connectivity index (χ2v) is 5.11. The summed E-state index contributed by atoms with van der Waals surface area (Å²) >= 11 is 1.73. The number of urea groups is 1. The third-order valence-corrected chi connectivity index (χ3v) is 3.63. The van der Waals surface area contributed by atoms with Crippen LogP contribution in [0.5, 0.6) is 0 Å². The molecule has 1 N–H and O–H groups in total. The van der Waals surface area contributed by atoms with E-state index in [-0.39, 0.29) is 12.0 Å². The van der Waals surface area contributed by atoms with Crippen LogP contribution >= 0.6 is 11.8 Å². The zero-order chi connectivity index (χ0) is 13.7. The number of carbonyl (C=O) groups is 2. The number of anilines is 1. The van der Waals surface area contributed by atoms with E-state index in [1.54, 1.807) is 47.9 Å². The number of hydrogen-bond acceptors (Lipinski definition) is 4. The molecule has 0 atom stereocenters. The number of hydrogen-bond donors (Lipinski definition) is 1. The topological polar surface area (TPSA) is 58.6 Å². The van der Waals surface area contributed by atoms with Crippen LogP contribution < -0.4 is 5.32 Å². The molecule has 0 radical (unpaired) electrons. The van der Waals surface area contributed by atoms with Gasteiger partial charge < -0.3 is 15.0 Å². The Hall–Kier alpha value is -1.69. The summed E-state index contributed by atoms with van der Waals surface area (Å²) in [6, 6.07) is 6.63. The van der Waals surface area contributed by atoms with Crippen LogP contribution in [-0.2, 0) is 4.74 Å². The zero-order valence-corrected chi connectivity index (χ0v) is 11.5. The quantitative estimate of drug-likeness (QED) is 0.864. The van der Waals surface area contributed by atoms with Crippen molar-refractivity contribution in [3.8, 4) is 0 Å². The molecular formula is C13H16N2O3S. The standard InChI is InChI=1S/C13H16N2O3S/c1-2-18-12(16)10-4-3-5-11(8-10)14-13(17)15-6-7-19-9-15/h3-5,8H,2,6-7,9H2,1H3,(H,14,17). The molecule has 0 aromatic heterocycles. The number of rotatable bonds is 3. The van der Waals surface area contributed by atoms with Crippen molar-refractivity contribution in [3.05, 3.63) is 29.8 Å². The molecule has 102 valence electrons. The first-order valence-electron chi connectivity index (χ1n) is 6.11. The van der Waals surface area contributed by atoms with Crippen LogP contribution in [0.1, 0.15) is 17.3 Å². The first kappa shape index (κ1) is 13.7. The number of nitrogens with zero attached hydrogens (tertiary/aromatic N) is 1. The van der Waals surface area contributed by atoms with Crippen molar-refractivity contribution in [2.45, 2.75) is 6.92 Å². The Balaban J connectivity index is 2.02. The molecule has 1 aromatic carbocycles. The zero-order valence-electron chi connectivity index (χ0n) is 10.7. The predicted molar refractivity (Wildman–Crippen MR) is 75.4 cm³/mol. The first-order valence-corrected chi connectivity index (χ1v) is 7.27. The number of esters is 1. The Morgan fingerprint density at radius 3 is 3.00 bits per heavy atom. The summed E-state index contributed by atoms with van der Waals surface area (Å²) in [4.78, 5) is 25.2. The average Bonchev–Trinajstić information content (AvgIpc) is 2.93. The molecule has 19 heavy (non-hydrogen) atoms. The highest BCUT2D eigenvalue weighted by Crippen LogP contribution is 2.16. The van der Waals surface area contributed by atoms with Crippen molar-refractivity contribution in [1.29, 1.82) is 0 Å². The van der Waals surface area contributed by atoms with Crippen LogP contribution in [0, 0.1) is 0 Å². The van der Waals surface area contributed by atoms with E-state index >= 15 is 0 Å². The molecule has 5 nitrogen and oxygen atoms in total. The van der Waals surface area contributed by atoms with E-state index in [1.807, 2.05) is 0 Å². The van der Waals surface area contributed by atoms with E-state index in [0.29, 0.717) is 23.7 Å². The maximum absolute atomic E-state index is 11.9.